The number of hydrogen-bond donors (Lipinski definition) is 0. The molecular formula is C33H45NO2. The van der Waals surface area contributed by atoms with Gasteiger partial charge in [-0.3, -0.25) is 4.79 Å². The van der Waals surface area contributed by atoms with E-state index in [1.807, 2.05) is 12.1 Å². The number of carbonyl (C=O) groups is 1. The number of likely N-dealkylation sites (tertiary alicyclic amines) is 1. The molecule has 194 valence electrons. The second kappa shape index (κ2) is 11.1. The van der Waals surface area contributed by atoms with Gasteiger partial charge in [-0.1, -0.05) is 70.0 Å². The standard InChI is InChI=1S/C33H45NO2/c1-33(2,3)28-13-11-27(12-14-28)31(35)23-25-9-7-24(8-10-25)15-19-34-20-16-26(17-21-34)29-5-4-6-32-30(29)18-22-36-32/h4-6,11-14,24-26H,7-10,15-23H2,1-3H3. The number of carbonyl (C=O) groups excluding carboxylic acids is 1. The fourth-order valence-electron chi connectivity index (χ4n) is 6.72. The summed E-state index contributed by atoms with van der Waals surface area (Å²) in [5.74, 6) is 3.58. The van der Waals surface area contributed by atoms with E-state index in [1.54, 1.807) is 5.56 Å². The zero-order chi connectivity index (χ0) is 25.1. The van der Waals surface area contributed by atoms with E-state index in [-0.39, 0.29) is 5.41 Å². The SMILES string of the molecule is CC(C)(C)c1ccc(C(=O)CC2CCC(CCN3CCC(c4cccc5c4CCO5)CC3)CC2)cc1. The average Bonchev–Trinajstić information content (AvgIpc) is 3.37. The Bertz CT molecular complexity index is 1020. The normalized spacial score (nSPS) is 23.3. The van der Waals surface area contributed by atoms with Crippen LogP contribution in [0.2, 0.25) is 0 Å². The molecule has 0 N–H and O–H groups in total. The van der Waals surface area contributed by atoms with Gasteiger partial charge < -0.3 is 9.64 Å². The van der Waals surface area contributed by atoms with Crippen LogP contribution < -0.4 is 4.74 Å². The van der Waals surface area contributed by atoms with Gasteiger partial charge >= 0.3 is 0 Å². The van der Waals surface area contributed by atoms with Crippen molar-refractivity contribution in [3.05, 3.63) is 64.7 Å². The van der Waals surface area contributed by atoms with E-state index < -0.39 is 0 Å². The highest BCUT2D eigenvalue weighted by Gasteiger charge is 2.27. The van der Waals surface area contributed by atoms with Crippen molar-refractivity contribution in [2.24, 2.45) is 11.8 Å². The summed E-state index contributed by atoms with van der Waals surface area (Å²) >= 11 is 0. The Labute approximate surface area is 218 Å². The van der Waals surface area contributed by atoms with Gasteiger partial charge in [0.2, 0.25) is 0 Å². The molecule has 2 aromatic carbocycles. The lowest BCUT2D eigenvalue weighted by molar-refractivity contribution is 0.0939. The predicted octanol–water partition coefficient (Wildman–Crippen LogP) is 7.57. The van der Waals surface area contributed by atoms with Crippen LogP contribution in [0.5, 0.6) is 5.75 Å². The average molecular weight is 488 g/mol. The van der Waals surface area contributed by atoms with Gasteiger partial charge in [0.15, 0.2) is 5.78 Å². The summed E-state index contributed by atoms with van der Waals surface area (Å²) in [7, 11) is 0. The molecule has 0 spiro atoms. The number of ether oxygens (including phenoxy) is 1. The highest BCUT2D eigenvalue weighted by molar-refractivity contribution is 5.96. The van der Waals surface area contributed by atoms with Crippen LogP contribution in [-0.4, -0.2) is 36.9 Å². The highest BCUT2D eigenvalue weighted by Crippen LogP contribution is 2.38. The summed E-state index contributed by atoms with van der Waals surface area (Å²) in [4.78, 5) is 15.6. The second-order valence-electron chi connectivity index (χ2n) is 12.7. The summed E-state index contributed by atoms with van der Waals surface area (Å²) in [6, 6.07) is 15.0. The molecule has 1 saturated heterocycles. The van der Waals surface area contributed by atoms with Crippen LogP contribution in [0.15, 0.2) is 42.5 Å². The maximum absolute atomic E-state index is 12.9. The van der Waals surface area contributed by atoms with Crippen LogP contribution in [0.4, 0.5) is 0 Å². The first-order valence-corrected chi connectivity index (χ1v) is 14.5. The number of piperidine rings is 1. The van der Waals surface area contributed by atoms with Gasteiger partial charge in [-0.15, -0.1) is 0 Å². The van der Waals surface area contributed by atoms with Gasteiger partial charge in [0.25, 0.3) is 0 Å². The number of ketones is 1. The van der Waals surface area contributed by atoms with Crippen LogP contribution in [-0.2, 0) is 11.8 Å². The minimum absolute atomic E-state index is 0.132. The smallest absolute Gasteiger partial charge is 0.163 e. The Morgan fingerprint density at radius 2 is 1.61 bits per heavy atom. The Morgan fingerprint density at radius 3 is 2.31 bits per heavy atom. The monoisotopic (exact) mass is 487 g/mol. The minimum atomic E-state index is 0.132. The van der Waals surface area contributed by atoms with Crippen molar-refractivity contribution < 1.29 is 9.53 Å². The Hall–Kier alpha value is -2.13. The quantitative estimate of drug-likeness (QED) is 0.377. The third-order valence-corrected chi connectivity index (χ3v) is 9.17. The van der Waals surface area contributed by atoms with Crippen molar-refractivity contribution in [3.63, 3.8) is 0 Å². The van der Waals surface area contributed by atoms with Crippen molar-refractivity contribution in [1.82, 2.24) is 4.90 Å². The van der Waals surface area contributed by atoms with E-state index in [0.29, 0.717) is 17.6 Å². The van der Waals surface area contributed by atoms with E-state index in [1.165, 1.54) is 75.7 Å². The number of fused-ring (bicyclic) bond motifs is 1. The third kappa shape index (κ3) is 6.05. The molecule has 3 aliphatic rings. The molecule has 5 rings (SSSR count). The Kier molecular flexibility index (Phi) is 7.86. The summed E-state index contributed by atoms with van der Waals surface area (Å²) < 4.78 is 5.79. The number of rotatable bonds is 7. The first kappa shape index (κ1) is 25.5. The molecule has 36 heavy (non-hydrogen) atoms. The molecular weight excluding hydrogens is 442 g/mol. The lowest BCUT2D eigenvalue weighted by Crippen LogP contribution is -2.35. The molecule has 2 fully saturated rings. The van der Waals surface area contributed by atoms with Crippen LogP contribution in [0, 0.1) is 11.8 Å². The van der Waals surface area contributed by atoms with Gasteiger partial charge in [0, 0.05) is 24.0 Å². The summed E-state index contributed by atoms with van der Waals surface area (Å²) in [6.45, 7) is 11.2. The molecule has 3 heteroatoms. The molecule has 0 radical (unpaired) electrons. The molecule has 0 unspecified atom stereocenters. The number of hydrogen-bond acceptors (Lipinski definition) is 3. The molecule has 0 bridgehead atoms. The summed E-state index contributed by atoms with van der Waals surface area (Å²) in [5, 5.41) is 0. The Balaban J connectivity index is 1.01. The Morgan fingerprint density at radius 1 is 0.917 bits per heavy atom. The maximum atomic E-state index is 12.9. The maximum Gasteiger partial charge on any atom is 0.163 e. The van der Waals surface area contributed by atoms with E-state index in [2.05, 4.69) is 56.0 Å². The van der Waals surface area contributed by atoms with E-state index in [4.69, 9.17) is 4.74 Å². The number of nitrogens with zero attached hydrogens (tertiary/aromatic N) is 1. The molecule has 0 amide bonds. The molecule has 2 aromatic rings. The van der Waals surface area contributed by atoms with Crippen LogP contribution >= 0.6 is 0 Å². The molecule has 0 aromatic heterocycles. The number of Topliss-reactive ketones (excluding diaryl/α,β-unsaturated/α-hetero) is 1. The van der Waals surface area contributed by atoms with Crippen molar-refractivity contribution in [2.45, 2.75) is 89.9 Å². The fraction of sp³-hybridized carbons (Fsp3) is 0.606. The van der Waals surface area contributed by atoms with Crippen LogP contribution in [0.3, 0.4) is 0 Å². The van der Waals surface area contributed by atoms with Gasteiger partial charge in [-0.05, 0) is 92.1 Å². The predicted molar refractivity (Wildman–Crippen MR) is 148 cm³/mol. The first-order valence-electron chi connectivity index (χ1n) is 14.5. The topological polar surface area (TPSA) is 29.5 Å². The summed E-state index contributed by atoms with van der Waals surface area (Å²) in [5.41, 5.74) is 5.35. The molecule has 3 nitrogen and oxygen atoms in total. The lowest BCUT2D eigenvalue weighted by Gasteiger charge is -2.35. The van der Waals surface area contributed by atoms with Gasteiger partial charge in [-0.2, -0.15) is 0 Å². The fourth-order valence-corrected chi connectivity index (χ4v) is 6.72. The van der Waals surface area contributed by atoms with Crippen molar-refractivity contribution >= 4 is 5.78 Å². The van der Waals surface area contributed by atoms with Crippen molar-refractivity contribution in [3.8, 4) is 5.75 Å². The van der Waals surface area contributed by atoms with E-state index in [0.717, 1.165) is 36.7 Å². The third-order valence-electron chi connectivity index (χ3n) is 9.17. The molecule has 0 atom stereocenters. The van der Waals surface area contributed by atoms with E-state index in [9.17, 15) is 4.79 Å². The van der Waals surface area contributed by atoms with Crippen LogP contribution in [0.25, 0.3) is 0 Å². The van der Waals surface area contributed by atoms with Gasteiger partial charge in [0.1, 0.15) is 5.75 Å². The second-order valence-corrected chi connectivity index (χ2v) is 12.7. The molecule has 1 saturated carbocycles. The van der Waals surface area contributed by atoms with Crippen molar-refractivity contribution in [1.29, 1.82) is 0 Å². The minimum Gasteiger partial charge on any atom is -0.493 e. The number of benzene rings is 2. The largest absolute Gasteiger partial charge is 0.493 e. The highest BCUT2D eigenvalue weighted by atomic mass is 16.5. The van der Waals surface area contributed by atoms with E-state index >= 15 is 0 Å². The zero-order valence-corrected chi connectivity index (χ0v) is 22.7. The molecule has 2 aliphatic heterocycles. The summed E-state index contributed by atoms with van der Waals surface area (Å²) in [6.07, 6.45) is 10.7. The van der Waals surface area contributed by atoms with Gasteiger partial charge in [0.05, 0.1) is 6.61 Å². The van der Waals surface area contributed by atoms with Crippen molar-refractivity contribution in [2.75, 3.05) is 26.2 Å². The first-order chi connectivity index (χ1) is 17.4. The van der Waals surface area contributed by atoms with Gasteiger partial charge in [-0.25, -0.2) is 0 Å². The molecule has 1 aliphatic carbocycles. The molecule has 2 heterocycles. The zero-order valence-electron chi connectivity index (χ0n) is 22.7. The van der Waals surface area contributed by atoms with Crippen LogP contribution in [0.1, 0.15) is 105 Å². The lowest BCUT2D eigenvalue weighted by atomic mass is 9.78.